The van der Waals surface area contributed by atoms with E-state index in [4.69, 9.17) is 14.7 Å². The number of aldehydes is 1. The van der Waals surface area contributed by atoms with Gasteiger partial charge in [0.05, 0.1) is 18.7 Å². The summed E-state index contributed by atoms with van der Waals surface area (Å²) in [4.78, 5) is 10.7. The second kappa shape index (κ2) is 5.69. The standard InChI is InChI=1S/C15H11NO3/c1-18-15-8-12(10-17)4-7-14(15)19-13-5-2-11(9-16)3-6-13/h2-8,10H,1H3. The fraction of sp³-hybridized carbons (Fsp3) is 0.0667. The van der Waals surface area contributed by atoms with Crippen molar-refractivity contribution in [3.63, 3.8) is 0 Å². The van der Waals surface area contributed by atoms with Crippen molar-refractivity contribution in [1.82, 2.24) is 0 Å². The van der Waals surface area contributed by atoms with Gasteiger partial charge in [0.15, 0.2) is 11.5 Å². The predicted molar refractivity (Wildman–Crippen MR) is 69.6 cm³/mol. The Kier molecular flexibility index (Phi) is 3.79. The van der Waals surface area contributed by atoms with Gasteiger partial charge in [0.2, 0.25) is 0 Å². The van der Waals surface area contributed by atoms with Gasteiger partial charge in [-0.3, -0.25) is 4.79 Å². The van der Waals surface area contributed by atoms with Crippen LogP contribution in [0.1, 0.15) is 15.9 Å². The normalized spacial score (nSPS) is 9.47. The van der Waals surface area contributed by atoms with E-state index in [9.17, 15) is 4.79 Å². The first-order valence-corrected chi connectivity index (χ1v) is 5.58. The molecule has 0 N–H and O–H groups in total. The van der Waals surface area contributed by atoms with Crippen molar-refractivity contribution in [2.75, 3.05) is 7.11 Å². The second-order valence-corrected chi connectivity index (χ2v) is 3.77. The van der Waals surface area contributed by atoms with Gasteiger partial charge >= 0.3 is 0 Å². The van der Waals surface area contributed by atoms with Crippen LogP contribution in [-0.4, -0.2) is 13.4 Å². The van der Waals surface area contributed by atoms with Gasteiger partial charge in [-0.25, -0.2) is 0 Å². The molecule has 2 rings (SSSR count). The topological polar surface area (TPSA) is 59.3 Å². The minimum absolute atomic E-state index is 0.481. The Bertz CT molecular complexity index is 627. The molecule has 0 bridgehead atoms. The molecule has 0 saturated heterocycles. The van der Waals surface area contributed by atoms with Crippen molar-refractivity contribution in [3.05, 3.63) is 53.6 Å². The maximum absolute atomic E-state index is 10.7. The van der Waals surface area contributed by atoms with Crippen molar-refractivity contribution >= 4 is 6.29 Å². The first-order valence-electron chi connectivity index (χ1n) is 5.58. The average Bonchev–Trinajstić information content (AvgIpc) is 2.48. The van der Waals surface area contributed by atoms with Gasteiger partial charge in [-0.1, -0.05) is 0 Å². The van der Waals surface area contributed by atoms with Gasteiger partial charge in [-0.15, -0.1) is 0 Å². The minimum atomic E-state index is 0.481. The average molecular weight is 253 g/mol. The molecule has 0 saturated carbocycles. The van der Waals surface area contributed by atoms with Gasteiger partial charge in [-0.05, 0) is 42.5 Å². The van der Waals surface area contributed by atoms with E-state index in [0.29, 0.717) is 28.4 Å². The third-order valence-corrected chi connectivity index (χ3v) is 2.53. The van der Waals surface area contributed by atoms with Crippen LogP contribution in [0.5, 0.6) is 17.2 Å². The molecule has 4 heteroatoms. The van der Waals surface area contributed by atoms with E-state index < -0.39 is 0 Å². The molecular formula is C15H11NO3. The quantitative estimate of drug-likeness (QED) is 0.785. The molecule has 0 spiro atoms. The van der Waals surface area contributed by atoms with E-state index in [-0.39, 0.29) is 0 Å². The molecule has 0 atom stereocenters. The van der Waals surface area contributed by atoms with Crippen molar-refractivity contribution < 1.29 is 14.3 Å². The van der Waals surface area contributed by atoms with Gasteiger partial charge in [-0.2, -0.15) is 5.26 Å². The van der Waals surface area contributed by atoms with Crippen LogP contribution in [-0.2, 0) is 0 Å². The Labute approximate surface area is 110 Å². The number of nitrogens with zero attached hydrogens (tertiary/aromatic N) is 1. The lowest BCUT2D eigenvalue weighted by atomic mass is 10.2. The van der Waals surface area contributed by atoms with E-state index >= 15 is 0 Å². The summed E-state index contributed by atoms with van der Waals surface area (Å²) in [5.41, 5.74) is 1.08. The van der Waals surface area contributed by atoms with Crippen LogP contribution < -0.4 is 9.47 Å². The number of benzene rings is 2. The molecule has 94 valence electrons. The number of carbonyl (C=O) groups is 1. The Morgan fingerprint density at radius 2 is 1.84 bits per heavy atom. The van der Waals surface area contributed by atoms with Crippen LogP contribution in [0.15, 0.2) is 42.5 Å². The van der Waals surface area contributed by atoms with Gasteiger partial charge in [0.25, 0.3) is 0 Å². The number of hydrogen-bond donors (Lipinski definition) is 0. The number of carbonyl (C=O) groups excluding carboxylic acids is 1. The summed E-state index contributed by atoms with van der Waals surface area (Å²) in [5, 5.41) is 8.71. The summed E-state index contributed by atoms with van der Waals surface area (Å²) in [6.07, 6.45) is 0.744. The third-order valence-electron chi connectivity index (χ3n) is 2.53. The Hall–Kier alpha value is -2.80. The Morgan fingerprint density at radius 1 is 1.11 bits per heavy atom. The molecule has 0 fully saturated rings. The number of rotatable bonds is 4. The van der Waals surface area contributed by atoms with Gasteiger partial charge in [0, 0.05) is 5.56 Å². The zero-order valence-electron chi connectivity index (χ0n) is 10.3. The number of ether oxygens (including phenoxy) is 2. The predicted octanol–water partition coefficient (Wildman–Crippen LogP) is 3.17. The van der Waals surface area contributed by atoms with Crippen LogP contribution in [0, 0.1) is 11.3 Å². The van der Waals surface area contributed by atoms with E-state index in [2.05, 4.69) is 0 Å². The maximum Gasteiger partial charge on any atom is 0.169 e. The van der Waals surface area contributed by atoms with Crippen LogP contribution in [0.4, 0.5) is 0 Å². The molecule has 0 amide bonds. The SMILES string of the molecule is COc1cc(C=O)ccc1Oc1ccc(C#N)cc1. The molecule has 4 nitrogen and oxygen atoms in total. The molecular weight excluding hydrogens is 242 g/mol. The van der Waals surface area contributed by atoms with Gasteiger partial charge in [0.1, 0.15) is 12.0 Å². The molecule has 0 aromatic heterocycles. The fourth-order valence-corrected chi connectivity index (χ4v) is 1.57. The molecule has 0 radical (unpaired) electrons. The van der Waals surface area contributed by atoms with Crippen molar-refractivity contribution in [2.24, 2.45) is 0 Å². The molecule has 0 aliphatic heterocycles. The van der Waals surface area contributed by atoms with E-state index in [1.54, 1.807) is 42.5 Å². The number of hydrogen-bond acceptors (Lipinski definition) is 4. The number of nitriles is 1. The fourth-order valence-electron chi connectivity index (χ4n) is 1.57. The highest BCUT2D eigenvalue weighted by Gasteiger charge is 2.06. The van der Waals surface area contributed by atoms with Crippen LogP contribution >= 0.6 is 0 Å². The minimum Gasteiger partial charge on any atom is -0.493 e. The molecule has 2 aromatic rings. The summed E-state index contributed by atoms with van der Waals surface area (Å²) < 4.78 is 10.8. The highest BCUT2D eigenvalue weighted by Crippen LogP contribution is 2.31. The number of methoxy groups -OCH3 is 1. The van der Waals surface area contributed by atoms with Gasteiger partial charge < -0.3 is 9.47 Å². The first-order chi connectivity index (χ1) is 9.26. The summed E-state index contributed by atoms with van der Waals surface area (Å²) in [7, 11) is 1.51. The zero-order chi connectivity index (χ0) is 13.7. The van der Waals surface area contributed by atoms with Crippen LogP contribution in [0.25, 0.3) is 0 Å². The highest BCUT2D eigenvalue weighted by molar-refractivity contribution is 5.76. The Morgan fingerprint density at radius 3 is 2.42 bits per heavy atom. The van der Waals surface area contributed by atoms with E-state index in [1.807, 2.05) is 6.07 Å². The first kappa shape index (κ1) is 12.7. The molecule has 0 aliphatic carbocycles. The van der Waals surface area contributed by atoms with E-state index in [0.717, 1.165) is 6.29 Å². The summed E-state index contributed by atoms with van der Waals surface area (Å²) in [5.74, 6) is 1.59. The van der Waals surface area contributed by atoms with Crippen molar-refractivity contribution in [1.29, 1.82) is 5.26 Å². The summed E-state index contributed by atoms with van der Waals surface area (Å²) in [6.45, 7) is 0. The lowest BCUT2D eigenvalue weighted by Crippen LogP contribution is -1.92. The summed E-state index contributed by atoms with van der Waals surface area (Å²) >= 11 is 0. The van der Waals surface area contributed by atoms with Crippen LogP contribution in [0.3, 0.4) is 0 Å². The molecule has 0 heterocycles. The maximum atomic E-state index is 10.7. The molecule has 0 unspecified atom stereocenters. The molecule has 0 aliphatic rings. The molecule has 2 aromatic carbocycles. The lowest BCUT2D eigenvalue weighted by molar-refractivity contribution is 0.112. The largest absolute Gasteiger partial charge is 0.493 e. The lowest BCUT2D eigenvalue weighted by Gasteiger charge is -2.10. The summed E-state index contributed by atoms with van der Waals surface area (Å²) in [6, 6.07) is 13.7. The van der Waals surface area contributed by atoms with Crippen LogP contribution in [0.2, 0.25) is 0 Å². The monoisotopic (exact) mass is 253 g/mol. The smallest absolute Gasteiger partial charge is 0.169 e. The van der Waals surface area contributed by atoms with Crippen molar-refractivity contribution in [2.45, 2.75) is 0 Å². The Balaban J connectivity index is 2.27. The van der Waals surface area contributed by atoms with Crippen molar-refractivity contribution in [3.8, 4) is 23.3 Å². The second-order valence-electron chi connectivity index (χ2n) is 3.77. The highest BCUT2D eigenvalue weighted by atomic mass is 16.5. The molecule has 19 heavy (non-hydrogen) atoms. The van der Waals surface area contributed by atoms with E-state index in [1.165, 1.54) is 7.11 Å². The third kappa shape index (κ3) is 2.90. The zero-order valence-corrected chi connectivity index (χ0v) is 10.3.